The maximum atomic E-state index is 12.5. The van der Waals surface area contributed by atoms with Gasteiger partial charge < -0.3 is 10.2 Å². The van der Waals surface area contributed by atoms with Crippen molar-refractivity contribution in [3.63, 3.8) is 0 Å². The largest absolute Gasteiger partial charge is 0.454 e. The number of para-hydroxylation sites is 1. The Morgan fingerprint density at radius 1 is 1.25 bits per heavy atom. The van der Waals surface area contributed by atoms with Crippen molar-refractivity contribution in [2.75, 3.05) is 11.9 Å². The molecular weight excluding hydrogens is 321 g/mol. The number of rotatable bonds is 4. The summed E-state index contributed by atoms with van der Waals surface area (Å²) in [6.45, 7) is 4.18. The normalized spacial score (nSPS) is 18.2. The second kappa shape index (κ2) is 7.07. The van der Waals surface area contributed by atoms with E-state index in [1.165, 1.54) is 4.90 Å². The van der Waals surface area contributed by atoms with E-state index in [1.54, 1.807) is 0 Å². The number of ketones is 1. The van der Waals surface area contributed by atoms with Gasteiger partial charge in [0.05, 0.1) is 0 Å². The molecule has 0 bridgehead atoms. The summed E-state index contributed by atoms with van der Waals surface area (Å²) >= 11 is 0. The zero-order valence-electron chi connectivity index (χ0n) is 13.5. The topological polar surface area (TPSA) is 49.4 Å². The first kappa shape index (κ1) is 18.0. The highest BCUT2D eigenvalue weighted by molar-refractivity contribution is 5.97. The molecule has 4 nitrogen and oxygen atoms in total. The van der Waals surface area contributed by atoms with Crippen LogP contribution < -0.4 is 5.32 Å². The predicted molar refractivity (Wildman–Crippen MR) is 84.5 cm³/mol. The maximum Gasteiger partial charge on any atom is 0.454 e. The van der Waals surface area contributed by atoms with Gasteiger partial charge in [-0.25, -0.2) is 0 Å². The van der Waals surface area contributed by atoms with Crippen LogP contribution in [0.3, 0.4) is 0 Å². The molecule has 0 spiro atoms. The van der Waals surface area contributed by atoms with Crippen molar-refractivity contribution in [1.82, 2.24) is 4.90 Å². The van der Waals surface area contributed by atoms with Crippen molar-refractivity contribution in [3.05, 3.63) is 41.6 Å². The van der Waals surface area contributed by atoms with Crippen LogP contribution >= 0.6 is 0 Å². The van der Waals surface area contributed by atoms with Gasteiger partial charge in [-0.2, -0.15) is 13.2 Å². The molecule has 0 saturated carbocycles. The molecule has 1 aliphatic heterocycles. The lowest BCUT2D eigenvalue weighted by Crippen LogP contribution is -2.37. The van der Waals surface area contributed by atoms with Crippen LogP contribution in [-0.4, -0.2) is 35.4 Å². The molecule has 1 aromatic carbocycles. The number of amides is 1. The number of allylic oxidation sites excluding steroid dienone is 1. The fraction of sp³-hybridized carbons (Fsp3) is 0.412. The Balaban J connectivity index is 2.09. The van der Waals surface area contributed by atoms with Gasteiger partial charge in [0.2, 0.25) is 5.91 Å². The minimum absolute atomic E-state index is 0.283. The van der Waals surface area contributed by atoms with Crippen LogP contribution in [0.15, 0.2) is 30.5 Å². The van der Waals surface area contributed by atoms with Crippen LogP contribution in [0.5, 0.6) is 0 Å². The summed E-state index contributed by atoms with van der Waals surface area (Å²) in [7, 11) is 0. The van der Waals surface area contributed by atoms with Crippen LogP contribution in [0.2, 0.25) is 0 Å². The third kappa shape index (κ3) is 4.15. The third-order valence-corrected chi connectivity index (χ3v) is 4.02. The van der Waals surface area contributed by atoms with Gasteiger partial charge in [0.1, 0.15) is 6.04 Å². The van der Waals surface area contributed by atoms with Crippen LogP contribution in [0.4, 0.5) is 18.9 Å². The number of nitrogens with one attached hydrogen (secondary N) is 1. The number of anilines is 1. The Kier molecular flexibility index (Phi) is 5.31. The summed E-state index contributed by atoms with van der Waals surface area (Å²) in [4.78, 5) is 24.9. The highest BCUT2D eigenvalue weighted by Gasteiger charge is 2.37. The number of aryl methyl sites for hydroxylation is 2. The van der Waals surface area contributed by atoms with E-state index < -0.39 is 18.0 Å². The number of benzene rings is 1. The molecule has 2 rings (SSSR count). The quantitative estimate of drug-likeness (QED) is 0.855. The smallest absolute Gasteiger partial charge is 0.365 e. The zero-order valence-corrected chi connectivity index (χ0v) is 13.5. The van der Waals surface area contributed by atoms with Gasteiger partial charge in [-0.05, 0) is 37.8 Å². The first-order valence-corrected chi connectivity index (χ1v) is 7.62. The monoisotopic (exact) mass is 340 g/mol. The average molecular weight is 340 g/mol. The summed E-state index contributed by atoms with van der Waals surface area (Å²) in [6.07, 6.45) is -2.15. The molecule has 1 N–H and O–H groups in total. The number of carbonyl (C=O) groups excluding carboxylic acids is 2. The Bertz CT molecular complexity index is 648. The number of hydrogen-bond acceptors (Lipinski definition) is 3. The summed E-state index contributed by atoms with van der Waals surface area (Å²) in [5.41, 5.74) is 2.54. The second-order valence-electron chi connectivity index (χ2n) is 5.83. The summed E-state index contributed by atoms with van der Waals surface area (Å²) in [6, 6.07) is 5.04. The Labute approximate surface area is 138 Å². The minimum Gasteiger partial charge on any atom is -0.365 e. The molecule has 0 aromatic heterocycles. The Hall–Kier alpha value is -2.31. The fourth-order valence-electron chi connectivity index (χ4n) is 2.73. The number of nitrogens with zero attached hydrogens (tertiary/aromatic N) is 1. The van der Waals surface area contributed by atoms with Crippen LogP contribution in [0.25, 0.3) is 0 Å². The maximum absolute atomic E-state index is 12.5. The van der Waals surface area contributed by atoms with E-state index in [1.807, 2.05) is 32.0 Å². The number of carbonyl (C=O) groups is 2. The average Bonchev–Trinajstić information content (AvgIpc) is 2.96. The summed E-state index contributed by atoms with van der Waals surface area (Å²) in [5.74, 6) is -2.21. The highest BCUT2D eigenvalue weighted by atomic mass is 19.4. The van der Waals surface area contributed by atoms with E-state index in [0.717, 1.165) is 17.3 Å². The van der Waals surface area contributed by atoms with Crippen molar-refractivity contribution in [2.45, 2.75) is 38.9 Å². The van der Waals surface area contributed by atoms with Gasteiger partial charge >= 0.3 is 6.18 Å². The molecule has 0 unspecified atom stereocenters. The molecule has 1 saturated heterocycles. The van der Waals surface area contributed by atoms with Gasteiger partial charge in [-0.1, -0.05) is 18.2 Å². The van der Waals surface area contributed by atoms with Crippen LogP contribution in [-0.2, 0) is 9.59 Å². The van der Waals surface area contributed by atoms with Crippen molar-refractivity contribution in [1.29, 1.82) is 0 Å². The number of alkyl halides is 3. The van der Waals surface area contributed by atoms with Crippen molar-refractivity contribution in [2.24, 2.45) is 0 Å². The van der Waals surface area contributed by atoms with Gasteiger partial charge in [-0.15, -0.1) is 0 Å². The summed E-state index contributed by atoms with van der Waals surface area (Å²) in [5, 5.41) is 2.85. The molecule has 1 heterocycles. The van der Waals surface area contributed by atoms with Gasteiger partial charge in [0, 0.05) is 24.5 Å². The molecule has 1 amide bonds. The highest BCUT2D eigenvalue weighted by Crippen LogP contribution is 2.24. The van der Waals surface area contributed by atoms with E-state index in [-0.39, 0.29) is 5.91 Å². The fourth-order valence-corrected chi connectivity index (χ4v) is 2.73. The van der Waals surface area contributed by atoms with E-state index in [2.05, 4.69) is 5.32 Å². The molecule has 1 atom stereocenters. The minimum atomic E-state index is -4.90. The molecule has 130 valence electrons. The molecular formula is C17H19F3N2O2. The van der Waals surface area contributed by atoms with Gasteiger partial charge in [0.25, 0.3) is 5.78 Å². The first-order valence-electron chi connectivity index (χ1n) is 7.62. The zero-order chi connectivity index (χ0) is 17.9. The lowest BCUT2D eigenvalue weighted by Gasteiger charge is -2.23. The Morgan fingerprint density at radius 2 is 1.88 bits per heavy atom. The van der Waals surface area contributed by atoms with Crippen molar-refractivity contribution < 1.29 is 22.8 Å². The number of halogens is 3. The Morgan fingerprint density at radius 3 is 2.46 bits per heavy atom. The molecule has 0 aliphatic carbocycles. The SMILES string of the molecule is Cc1cccc(C)c1NC(=O)[C@@H]1CCCN1/C=C/C(=O)C(F)(F)F. The molecule has 0 radical (unpaired) electrons. The van der Waals surface area contributed by atoms with E-state index in [0.29, 0.717) is 31.1 Å². The standard InChI is InChI=1S/C17H19F3N2O2/c1-11-5-3-6-12(2)15(11)21-16(24)13-7-4-9-22(13)10-8-14(23)17(18,19)20/h3,5-6,8,10,13H,4,7,9H2,1-2H3,(H,21,24)/b10-8+/t13-/m0/s1. The van der Waals surface area contributed by atoms with Crippen molar-refractivity contribution in [3.8, 4) is 0 Å². The number of hydrogen-bond donors (Lipinski definition) is 1. The van der Waals surface area contributed by atoms with E-state index in [4.69, 9.17) is 0 Å². The van der Waals surface area contributed by atoms with Crippen LogP contribution in [0.1, 0.15) is 24.0 Å². The second-order valence-corrected chi connectivity index (χ2v) is 5.83. The lowest BCUT2D eigenvalue weighted by molar-refractivity contribution is -0.165. The molecule has 1 aromatic rings. The molecule has 7 heteroatoms. The first-order chi connectivity index (χ1) is 11.2. The molecule has 1 fully saturated rings. The van der Waals surface area contributed by atoms with Crippen molar-refractivity contribution >= 4 is 17.4 Å². The summed E-state index contributed by atoms with van der Waals surface area (Å²) < 4.78 is 36.8. The van der Waals surface area contributed by atoms with E-state index >= 15 is 0 Å². The van der Waals surface area contributed by atoms with Gasteiger partial charge in [-0.3, -0.25) is 9.59 Å². The predicted octanol–water partition coefficient (Wildman–Crippen LogP) is 3.35. The third-order valence-electron chi connectivity index (χ3n) is 4.02. The van der Waals surface area contributed by atoms with Gasteiger partial charge in [0.15, 0.2) is 0 Å². The molecule has 1 aliphatic rings. The van der Waals surface area contributed by atoms with E-state index in [9.17, 15) is 22.8 Å². The van der Waals surface area contributed by atoms with Crippen LogP contribution in [0, 0.1) is 13.8 Å². The molecule has 24 heavy (non-hydrogen) atoms. The number of likely N-dealkylation sites (tertiary alicyclic amines) is 1. The lowest BCUT2D eigenvalue weighted by atomic mass is 10.1.